The quantitative estimate of drug-likeness (QED) is 0.511. The van der Waals surface area contributed by atoms with E-state index in [4.69, 9.17) is 4.74 Å². The van der Waals surface area contributed by atoms with Crippen molar-refractivity contribution in [3.63, 3.8) is 0 Å². The van der Waals surface area contributed by atoms with Crippen molar-refractivity contribution in [2.24, 2.45) is 5.92 Å². The highest BCUT2D eigenvalue weighted by Crippen LogP contribution is 2.32. The van der Waals surface area contributed by atoms with Gasteiger partial charge in [0.2, 0.25) is 11.8 Å². The number of imide groups is 1. The van der Waals surface area contributed by atoms with Crippen molar-refractivity contribution in [3.05, 3.63) is 35.6 Å². The third kappa shape index (κ3) is 2.84. The Morgan fingerprint density at radius 3 is 2.60 bits per heavy atom. The molecule has 6 heteroatoms. The normalized spacial score (nSPS) is 22.3. The molecule has 0 radical (unpaired) electrons. The van der Waals surface area contributed by atoms with Crippen molar-refractivity contribution in [2.45, 2.75) is 19.3 Å². The largest absolute Gasteiger partial charge is 0.465 e. The summed E-state index contributed by atoms with van der Waals surface area (Å²) in [6.45, 7) is 1.78. The Balaban J connectivity index is 2.33. The van der Waals surface area contributed by atoms with Gasteiger partial charge in [-0.25, -0.2) is 4.39 Å². The van der Waals surface area contributed by atoms with Crippen LogP contribution in [-0.2, 0) is 19.1 Å². The van der Waals surface area contributed by atoms with Crippen LogP contribution in [0.15, 0.2) is 24.3 Å². The number of nitrogens with one attached hydrogen (secondary N) is 1. The third-order valence-electron chi connectivity index (χ3n) is 3.19. The Morgan fingerprint density at radius 1 is 1.35 bits per heavy atom. The Hall–Kier alpha value is -2.24. The van der Waals surface area contributed by atoms with Crippen LogP contribution in [-0.4, -0.2) is 24.4 Å². The number of carbonyl (C=O) groups excluding carboxylic acids is 3. The van der Waals surface area contributed by atoms with Crippen molar-refractivity contribution in [1.29, 1.82) is 0 Å². The molecule has 2 amide bonds. The molecular formula is C14H14FNO4. The molecule has 5 nitrogen and oxygen atoms in total. The van der Waals surface area contributed by atoms with E-state index in [2.05, 4.69) is 5.32 Å². The van der Waals surface area contributed by atoms with Gasteiger partial charge in [0.1, 0.15) is 11.7 Å². The Morgan fingerprint density at radius 2 is 2.00 bits per heavy atom. The summed E-state index contributed by atoms with van der Waals surface area (Å²) in [6.07, 6.45) is -0.0130. The fraction of sp³-hybridized carbons (Fsp3) is 0.357. The number of benzene rings is 1. The molecule has 0 bridgehead atoms. The molecule has 0 spiro atoms. The summed E-state index contributed by atoms with van der Waals surface area (Å²) >= 11 is 0. The molecule has 1 heterocycles. The minimum atomic E-state index is -1.09. The lowest BCUT2D eigenvalue weighted by Gasteiger charge is -2.28. The fourth-order valence-electron chi connectivity index (χ4n) is 2.29. The van der Waals surface area contributed by atoms with Crippen molar-refractivity contribution < 1.29 is 23.5 Å². The van der Waals surface area contributed by atoms with E-state index in [1.165, 1.54) is 24.3 Å². The van der Waals surface area contributed by atoms with Crippen LogP contribution in [0.5, 0.6) is 0 Å². The Labute approximate surface area is 115 Å². The number of piperidine rings is 1. The van der Waals surface area contributed by atoms with E-state index in [9.17, 15) is 18.8 Å². The topological polar surface area (TPSA) is 72.5 Å². The van der Waals surface area contributed by atoms with Crippen LogP contribution in [0.3, 0.4) is 0 Å². The van der Waals surface area contributed by atoms with Gasteiger partial charge in [0, 0.05) is 12.3 Å². The first-order valence-electron chi connectivity index (χ1n) is 6.28. The Kier molecular flexibility index (Phi) is 4.12. The third-order valence-corrected chi connectivity index (χ3v) is 3.19. The highest BCUT2D eigenvalue weighted by atomic mass is 19.1. The van der Waals surface area contributed by atoms with Gasteiger partial charge in [-0.3, -0.25) is 19.7 Å². The lowest BCUT2D eigenvalue weighted by atomic mass is 9.80. The second-order valence-electron chi connectivity index (χ2n) is 4.50. The fourth-order valence-corrected chi connectivity index (χ4v) is 2.29. The first-order valence-corrected chi connectivity index (χ1v) is 6.28. The summed E-state index contributed by atoms with van der Waals surface area (Å²) in [5, 5.41) is 2.13. The molecule has 1 aromatic carbocycles. The minimum Gasteiger partial charge on any atom is -0.465 e. The van der Waals surface area contributed by atoms with Gasteiger partial charge in [0.15, 0.2) is 0 Å². The zero-order chi connectivity index (χ0) is 14.7. The Bertz CT molecular complexity index is 541. The maximum absolute atomic E-state index is 12.9. The summed E-state index contributed by atoms with van der Waals surface area (Å²) in [4.78, 5) is 35.3. The maximum atomic E-state index is 12.9. The van der Waals surface area contributed by atoms with Crippen molar-refractivity contribution in [2.75, 3.05) is 6.61 Å². The highest BCUT2D eigenvalue weighted by molar-refractivity contribution is 6.08. The van der Waals surface area contributed by atoms with Crippen molar-refractivity contribution >= 4 is 17.8 Å². The highest BCUT2D eigenvalue weighted by Gasteiger charge is 2.42. The van der Waals surface area contributed by atoms with E-state index in [1.807, 2.05) is 0 Å². The van der Waals surface area contributed by atoms with E-state index >= 15 is 0 Å². The number of amides is 2. The molecule has 1 aromatic rings. The second kappa shape index (κ2) is 5.81. The van der Waals surface area contributed by atoms with Crippen LogP contribution >= 0.6 is 0 Å². The number of hydrogen-bond donors (Lipinski definition) is 1. The first-order chi connectivity index (χ1) is 9.52. The van der Waals surface area contributed by atoms with Crippen molar-refractivity contribution in [1.82, 2.24) is 5.32 Å². The van der Waals surface area contributed by atoms with E-state index in [0.717, 1.165) is 0 Å². The molecule has 0 unspecified atom stereocenters. The predicted molar refractivity (Wildman–Crippen MR) is 67.0 cm³/mol. The van der Waals surface area contributed by atoms with Gasteiger partial charge in [-0.1, -0.05) is 12.1 Å². The number of hydrogen-bond acceptors (Lipinski definition) is 4. The SMILES string of the molecule is CCOC(=O)[C@@H]1C(=O)NC(=O)C[C@H]1c1ccc(F)cc1. The van der Waals surface area contributed by atoms with Crippen LogP contribution in [0, 0.1) is 11.7 Å². The van der Waals surface area contributed by atoms with E-state index in [1.54, 1.807) is 6.92 Å². The number of halogens is 1. The monoisotopic (exact) mass is 279 g/mol. The number of rotatable bonds is 3. The lowest BCUT2D eigenvalue weighted by molar-refractivity contribution is -0.155. The summed E-state index contributed by atoms with van der Waals surface area (Å²) in [7, 11) is 0. The average molecular weight is 279 g/mol. The van der Waals surface area contributed by atoms with Crippen LogP contribution < -0.4 is 5.32 Å². The number of ether oxygens (including phenoxy) is 1. The van der Waals surface area contributed by atoms with E-state index in [0.29, 0.717) is 5.56 Å². The molecular weight excluding hydrogens is 265 g/mol. The average Bonchev–Trinajstić information content (AvgIpc) is 2.38. The van der Waals surface area contributed by atoms with Crippen LogP contribution in [0.1, 0.15) is 24.8 Å². The number of carbonyl (C=O) groups is 3. The number of esters is 1. The molecule has 1 N–H and O–H groups in total. The molecule has 20 heavy (non-hydrogen) atoms. The minimum absolute atomic E-state index is 0.0130. The van der Waals surface area contributed by atoms with Gasteiger partial charge < -0.3 is 4.74 Å². The molecule has 1 saturated heterocycles. The van der Waals surface area contributed by atoms with Gasteiger partial charge in [0.05, 0.1) is 6.61 Å². The zero-order valence-corrected chi connectivity index (χ0v) is 10.9. The van der Waals surface area contributed by atoms with Gasteiger partial charge in [-0.2, -0.15) is 0 Å². The summed E-state index contributed by atoms with van der Waals surface area (Å²) in [5.74, 6) is -3.94. The van der Waals surface area contributed by atoms with Gasteiger partial charge in [-0.15, -0.1) is 0 Å². The van der Waals surface area contributed by atoms with Gasteiger partial charge in [0.25, 0.3) is 0 Å². The van der Waals surface area contributed by atoms with E-state index in [-0.39, 0.29) is 13.0 Å². The van der Waals surface area contributed by atoms with Gasteiger partial charge >= 0.3 is 5.97 Å². The van der Waals surface area contributed by atoms with Crippen LogP contribution in [0.4, 0.5) is 4.39 Å². The predicted octanol–water partition coefficient (Wildman–Crippen LogP) is 1.14. The van der Waals surface area contributed by atoms with E-state index < -0.39 is 35.4 Å². The molecule has 0 aliphatic carbocycles. The van der Waals surface area contributed by atoms with Crippen LogP contribution in [0.2, 0.25) is 0 Å². The summed E-state index contributed by atoms with van der Waals surface area (Å²) in [6, 6.07) is 5.40. The molecule has 2 rings (SSSR count). The second-order valence-corrected chi connectivity index (χ2v) is 4.50. The lowest BCUT2D eigenvalue weighted by Crippen LogP contribution is -2.48. The maximum Gasteiger partial charge on any atom is 0.319 e. The molecule has 0 saturated carbocycles. The molecule has 2 atom stereocenters. The molecule has 1 aliphatic heterocycles. The van der Waals surface area contributed by atoms with Crippen molar-refractivity contribution in [3.8, 4) is 0 Å². The molecule has 106 valence electrons. The summed E-state index contributed by atoms with van der Waals surface area (Å²) < 4.78 is 17.8. The van der Waals surface area contributed by atoms with Gasteiger partial charge in [-0.05, 0) is 24.6 Å². The summed E-state index contributed by atoms with van der Waals surface area (Å²) in [5.41, 5.74) is 0.563. The zero-order valence-electron chi connectivity index (χ0n) is 10.9. The smallest absolute Gasteiger partial charge is 0.319 e. The van der Waals surface area contributed by atoms with Crippen LogP contribution in [0.25, 0.3) is 0 Å². The molecule has 1 aliphatic rings. The molecule has 0 aromatic heterocycles. The molecule has 1 fully saturated rings. The standard InChI is InChI=1S/C14H14FNO4/c1-2-20-14(19)12-10(7-11(17)16-13(12)18)8-3-5-9(15)6-4-8/h3-6,10,12H,2,7H2,1H3,(H,16,17,18)/t10-,12-/m0/s1. The first kappa shape index (κ1) is 14.2.